The highest BCUT2D eigenvalue weighted by molar-refractivity contribution is 6.31. The fourth-order valence-electron chi connectivity index (χ4n) is 1.59. The summed E-state index contributed by atoms with van der Waals surface area (Å²) >= 11 is 6.09. The van der Waals surface area contributed by atoms with Crippen molar-refractivity contribution in [3.05, 3.63) is 58.6 Å². The highest BCUT2D eigenvalue weighted by atomic mass is 35.5. The summed E-state index contributed by atoms with van der Waals surface area (Å²) in [4.78, 5) is 8.67. The van der Waals surface area contributed by atoms with Crippen LogP contribution in [0, 0.1) is 0 Å². The van der Waals surface area contributed by atoms with E-state index < -0.39 is 0 Å². The Labute approximate surface area is 106 Å². The summed E-state index contributed by atoms with van der Waals surface area (Å²) in [5.74, 6) is 0. The van der Waals surface area contributed by atoms with Gasteiger partial charge in [-0.15, -0.1) is 0 Å². The van der Waals surface area contributed by atoms with E-state index in [1.165, 1.54) is 0 Å². The lowest BCUT2D eigenvalue weighted by atomic mass is 10.1. The molecular formula is C13H14ClN3. The van der Waals surface area contributed by atoms with Crippen molar-refractivity contribution in [2.75, 3.05) is 6.54 Å². The standard InChI is InChI=1S/C13H14ClN3/c14-13-4-2-1-3-10(13)7-12-9-16-11(5-6-15)8-17-12/h1-4,8-9H,5-7,15H2. The molecule has 0 saturated heterocycles. The molecular weight excluding hydrogens is 234 g/mol. The SMILES string of the molecule is NCCc1cnc(Cc2ccccc2Cl)cn1. The zero-order valence-corrected chi connectivity index (χ0v) is 10.2. The molecule has 1 heterocycles. The number of nitrogens with two attached hydrogens (primary N) is 1. The second-order valence-corrected chi connectivity index (χ2v) is 4.21. The van der Waals surface area contributed by atoms with Crippen molar-refractivity contribution in [3.8, 4) is 0 Å². The summed E-state index contributed by atoms with van der Waals surface area (Å²) in [6, 6.07) is 7.77. The molecule has 0 amide bonds. The van der Waals surface area contributed by atoms with Crippen molar-refractivity contribution in [1.29, 1.82) is 0 Å². The zero-order chi connectivity index (χ0) is 12.1. The van der Waals surface area contributed by atoms with Gasteiger partial charge in [-0.2, -0.15) is 0 Å². The van der Waals surface area contributed by atoms with E-state index in [1.807, 2.05) is 24.3 Å². The van der Waals surface area contributed by atoms with E-state index in [0.717, 1.165) is 28.4 Å². The van der Waals surface area contributed by atoms with Crippen LogP contribution >= 0.6 is 11.6 Å². The molecule has 88 valence electrons. The van der Waals surface area contributed by atoms with Crippen molar-refractivity contribution < 1.29 is 0 Å². The molecule has 3 nitrogen and oxygen atoms in total. The average molecular weight is 248 g/mol. The summed E-state index contributed by atoms with van der Waals surface area (Å²) in [6.45, 7) is 0.596. The minimum atomic E-state index is 0.596. The molecule has 0 atom stereocenters. The Morgan fingerprint density at radius 1 is 1.06 bits per heavy atom. The molecule has 1 aromatic carbocycles. The first-order valence-corrected chi connectivity index (χ1v) is 5.90. The first kappa shape index (κ1) is 12.0. The Balaban J connectivity index is 2.11. The van der Waals surface area contributed by atoms with E-state index in [0.29, 0.717) is 13.0 Å². The van der Waals surface area contributed by atoms with Gasteiger partial charge in [0.05, 0.1) is 11.4 Å². The Bertz CT molecular complexity index is 482. The summed E-state index contributed by atoms with van der Waals surface area (Å²) in [5.41, 5.74) is 8.36. The lowest BCUT2D eigenvalue weighted by Gasteiger charge is -2.04. The lowest BCUT2D eigenvalue weighted by Crippen LogP contribution is -2.05. The van der Waals surface area contributed by atoms with Crippen LogP contribution in [0.4, 0.5) is 0 Å². The van der Waals surface area contributed by atoms with Gasteiger partial charge < -0.3 is 5.73 Å². The molecule has 0 aliphatic carbocycles. The predicted molar refractivity (Wildman–Crippen MR) is 69.0 cm³/mol. The van der Waals surface area contributed by atoms with Gasteiger partial charge in [0, 0.05) is 30.3 Å². The largest absolute Gasteiger partial charge is 0.330 e. The quantitative estimate of drug-likeness (QED) is 0.901. The number of hydrogen-bond donors (Lipinski definition) is 1. The van der Waals surface area contributed by atoms with Gasteiger partial charge in [-0.3, -0.25) is 9.97 Å². The number of nitrogens with zero attached hydrogens (tertiary/aromatic N) is 2. The summed E-state index contributed by atoms with van der Waals surface area (Å²) in [5, 5.41) is 0.764. The first-order valence-electron chi connectivity index (χ1n) is 5.53. The molecule has 0 spiro atoms. The highest BCUT2D eigenvalue weighted by Gasteiger charge is 2.02. The van der Waals surface area contributed by atoms with Crippen molar-refractivity contribution in [2.45, 2.75) is 12.8 Å². The van der Waals surface area contributed by atoms with Crippen molar-refractivity contribution in [1.82, 2.24) is 9.97 Å². The smallest absolute Gasteiger partial charge is 0.0631 e. The van der Waals surface area contributed by atoms with Gasteiger partial charge in [0.15, 0.2) is 0 Å². The third-order valence-electron chi connectivity index (χ3n) is 2.49. The van der Waals surface area contributed by atoms with Gasteiger partial charge >= 0.3 is 0 Å². The average Bonchev–Trinajstić information content (AvgIpc) is 2.35. The molecule has 2 rings (SSSR count). The van der Waals surface area contributed by atoms with Crippen LogP contribution in [0.1, 0.15) is 17.0 Å². The molecule has 1 aromatic heterocycles. The summed E-state index contributed by atoms with van der Waals surface area (Å²) < 4.78 is 0. The van der Waals surface area contributed by atoms with Crippen LogP contribution in [-0.4, -0.2) is 16.5 Å². The third kappa shape index (κ3) is 3.25. The van der Waals surface area contributed by atoms with Gasteiger partial charge in [-0.05, 0) is 18.2 Å². The van der Waals surface area contributed by atoms with E-state index in [2.05, 4.69) is 9.97 Å². The first-order chi connectivity index (χ1) is 8.29. The van der Waals surface area contributed by atoms with Crippen LogP contribution in [0.25, 0.3) is 0 Å². The summed E-state index contributed by atoms with van der Waals surface area (Å²) in [7, 11) is 0. The Hall–Kier alpha value is -1.45. The van der Waals surface area contributed by atoms with Gasteiger partial charge in [-0.1, -0.05) is 29.8 Å². The van der Waals surface area contributed by atoms with E-state index in [1.54, 1.807) is 12.4 Å². The third-order valence-corrected chi connectivity index (χ3v) is 2.86. The van der Waals surface area contributed by atoms with E-state index in [-0.39, 0.29) is 0 Å². The highest BCUT2D eigenvalue weighted by Crippen LogP contribution is 2.17. The van der Waals surface area contributed by atoms with Crippen molar-refractivity contribution in [2.24, 2.45) is 5.73 Å². The second-order valence-electron chi connectivity index (χ2n) is 3.81. The van der Waals surface area contributed by atoms with Gasteiger partial charge in [0.25, 0.3) is 0 Å². The molecule has 0 radical (unpaired) electrons. The maximum Gasteiger partial charge on any atom is 0.0631 e. The van der Waals surface area contributed by atoms with Gasteiger partial charge in [0.1, 0.15) is 0 Å². The number of rotatable bonds is 4. The van der Waals surface area contributed by atoms with Crippen molar-refractivity contribution >= 4 is 11.6 Å². The van der Waals surface area contributed by atoms with E-state index in [4.69, 9.17) is 17.3 Å². The van der Waals surface area contributed by atoms with E-state index >= 15 is 0 Å². The minimum Gasteiger partial charge on any atom is -0.330 e. The monoisotopic (exact) mass is 247 g/mol. The van der Waals surface area contributed by atoms with Crippen molar-refractivity contribution in [3.63, 3.8) is 0 Å². The van der Waals surface area contributed by atoms with Crippen LogP contribution in [0.3, 0.4) is 0 Å². The van der Waals surface area contributed by atoms with Crippen LogP contribution in [0.5, 0.6) is 0 Å². The Morgan fingerprint density at radius 2 is 1.76 bits per heavy atom. The molecule has 0 saturated carbocycles. The second kappa shape index (κ2) is 5.75. The number of halogens is 1. The van der Waals surface area contributed by atoms with Crippen LogP contribution in [-0.2, 0) is 12.8 Å². The molecule has 0 aliphatic rings. The molecule has 2 N–H and O–H groups in total. The molecule has 2 aromatic rings. The predicted octanol–water partition coefficient (Wildman–Crippen LogP) is 2.22. The number of benzene rings is 1. The Morgan fingerprint density at radius 3 is 2.41 bits per heavy atom. The van der Waals surface area contributed by atoms with Gasteiger partial charge in [-0.25, -0.2) is 0 Å². The van der Waals surface area contributed by atoms with Crippen LogP contribution in [0.15, 0.2) is 36.7 Å². The number of hydrogen-bond acceptors (Lipinski definition) is 3. The number of aromatic nitrogens is 2. The normalized spacial score (nSPS) is 10.5. The molecule has 0 unspecified atom stereocenters. The zero-order valence-electron chi connectivity index (χ0n) is 9.44. The minimum absolute atomic E-state index is 0.596. The molecule has 17 heavy (non-hydrogen) atoms. The van der Waals surface area contributed by atoms with Crippen LogP contribution in [0.2, 0.25) is 5.02 Å². The summed E-state index contributed by atoms with van der Waals surface area (Å²) in [6.07, 6.45) is 5.03. The molecule has 0 bridgehead atoms. The van der Waals surface area contributed by atoms with Crippen LogP contribution < -0.4 is 5.73 Å². The lowest BCUT2D eigenvalue weighted by molar-refractivity contribution is 0.890. The van der Waals surface area contributed by atoms with E-state index in [9.17, 15) is 0 Å². The molecule has 4 heteroatoms. The van der Waals surface area contributed by atoms with Gasteiger partial charge in [0.2, 0.25) is 0 Å². The Kier molecular flexibility index (Phi) is 4.07. The maximum atomic E-state index is 6.09. The topological polar surface area (TPSA) is 51.8 Å². The fourth-order valence-corrected chi connectivity index (χ4v) is 1.79. The maximum absolute atomic E-state index is 6.09. The fraction of sp³-hybridized carbons (Fsp3) is 0.231. The molecule has 0 aliphatic heterocycles. The molecule has 0 fully saturated rings.